The second-order valence-electron chi connectivity index (χ2n) is 5.64. The maximum atomic E-state index is 9.42. The molecular formula is C21H20O. The molecule has 0 aliphatic rings. The van der Waals surface area contributed by atoms with Crippen molar-refractivity contribution in [2.24, 2.45) is 0 Å². The van der Waals surface area contributed by atoms with Gasteiger partial charge in [-0.15, -0.1) is 0 Å². The molecule has 0 amide bonds. The molecule has 0 atom stereocenters. The Morgan fingerprint density at radius 1 is 0.727 bits per heavy atom. The lowest BCUT2D eigenvalue weighted by Gasteiger charge is -2.11. The van der Waals surface area contributed by atoms with Crippen LogP contribution >= 0.6 is 0 Å². The third-order valence-electron chi connectivity index (χ3n) is 4.05. The van der Waals surface area contributed by atoms with E-state index in [1.807, 2.05) is 12.1 Å². The van der Waals surface area contributed by atoms with Crippen LogP contribution in [0.4, 0.5) is 0 Å². The second-order valence-corrected chi connectivity index (χ2v) is 5.64. The predicted octanol–water partition coefficient (Wildman–Crippen LogP) is 5.60. The van der Waals surface area contributed by atoms with E-state index >= 15 is 0 Å². The Morgan fingerprint density at radius 3 is 1.95 bits per heavy atom. The molecule has 0 bridgehead atoms. The summed E-state index contributed by atoms with van der Waals surface area (Å²) in [6, 6.07) is 22.7. The molecule has 0 aliphatic carbocycles. The van der Waals surface area contributed by atoms with Crippen molar-refractivity contribution in [2.75, 3.05) is 0 Å². The minimum absolute atomic E-state index is 0.302. The molecule has 0 saturated carbocycles. The molecule has 0 spiro atoms. The van der Waals surface area contributed by atoms with Gasteiger partial charge in [-0.1, -0.05) is 67.1 Å². The van der Waals surface area contributed by atoms with E-state index in [4.69, 9.17) is 0 Å². The van der Waals surface area contributed by atoms with Crippen molar-refractivity contribution >= 4 is 0 Å². The van der Waals surface area contributed by atoms with E-state index in [0.717, 1.165) is 12.0 Å². The van der Waals surface area contributed by atoms with Gasteiger partial charge in [0, 0.05) is 0 Å². The maximum absolute atomic E-state index is 9.42. The minimum atomic E-state index is 0.302. The van der Waals surface area contributed by atoms with Crippen LogP contribution in [0, 0.1) is 6.92 Å². The van der Waals surface area contributed by atoms with Crippen molar-refractivity contribution in [3.8, 4) is 28.0 Å². The number of aryl methyl sites for hydroxylation is 2. The Bertz CT molecular complexity index is 768. The van der Waals surface area contributed by atoms with Crippen molar-refractivity contribution in [3.63, 3.8) is 0 Å². The molecule has 0 aliphatic heterocycles. The van der Waals surface area contributed by atoms with E-state index in [0.29, 0.717) is 5.75 Å². The number of phenolic OH excluding ortho intramolecular Hbond substituents is 1. The van der Waals surface area contributed by atoms with Gasteiger partial charge in [0.2, 0.25) is 0 Å². The fourth-order valence-electron chi connectivity index (χ4n) is 2.73. The molecule has 3 aromatic carbocycles. The number of phenols is 1. The molecule has 3 rings (SSSR count). The van der Waals surface area contributed by atoms with Crippen molar-refractivity contribution in [3.05, 3.63) is 77.9 Å². The summed E-state index contributed by atoms with van der Waals surface area (Å²) < 4.78 is 0. The van der Waals surface area contributed by atoms with Crippen LogP contribution in [0.1, 0.15) is 18.1 Å². The zero-order valence-corrected chi connectivity index (χ0v) is 13.0. The van der Waals surface area contributed by atoms with Crippen molar-refractivity contribution < 1.29 is 5.11 Å². The summed E-state index contributed by atoms with van der Waals surface area (Å²) in [6.07, 6.45) is 0.995. The highest BCUT2D eigenvalue weighted by atomic mass is 16.3. The third-order valence-corrected chi connectivity index (χ3v) is 4.05. The fourth-order valence-corrected chi connectivity index (χ4v) is 2.73. The van der Waals surface area contributed by atoms with E-state index in [9.17, 15) is 5.11 Å². The first-order valence-electron chi connectivity index (χ1n) is 7.67. The summed E-state index contributed by atoms with van der Waals surface area (Å²) in [5.41, 5.74) is 7.50. The number of benzene rings is 3. The zero-order valence-electron chi connectivity index (χ0n) is 13.0. The standard InChI is InChI=1S/C21H20O/c1-3-16-14-19(17-8-11-20(22)12-9-17)10-13-21(16)18-6-4-15(2)5-7-18/h4-14,22H,3H2,1-2H3. The van der Waals surface area contributed by atoms with Gasteiger partial charge in [0.25, 0.3) is 0 Å². The molecular weight excluding hydrogens is 268 g/mol. The molecule has 0 saturated heterocycles. The minimum Gasteiger partial charge on any atom is -0.508 e. The van der Waals surface area contributed by atoms with E-state index < -0.39 is 0 Å². The van der Waals surface area contributed by atoms with E-state index in [-0.39, 0.29) is 0 Å². The first-order valence-corrected chi connectivity index (χ1v) is 7.67. The lowest BCUT2D eigenvalue weighted by Crippen LogP contribution is -1.90. The van der Waals surface area contributed by atoms with Gasteiger partial charge < -0.3 is 5.11 Å². The van der Waals surface area contributed by atoms with Crippen molar-refractivity contribution in [2.45, 2.75) is 20.3 Å². The molecule has 0 fully saturated rings. The van der Waals surface area contributed by atoms with Gasteiger partial charge in [0.1, 0.15) is 5.75 Å². The summed E-state index contributed by atoms with van der Waals surface area (Å²) in [6.45, 7) is 4.30. The Kier molecular flexibility index (Phi) is 3.97. The van der Waals surface area contributed by atoms with Gasteiger partial charge in [-0.2, -0.15) is 0 Å². The van der Waals surface area contributed by atoms with Crippen LogP contribution in [-0.2, 0) is 6.42 Å². The molecule has 0 aromatic heterocycles. The molecule has 0 unspecified atom stereocenters. The molecule has 22 heavy (non-hydrogen) atoms. The van der Waals surface area contributed by atoms with E-state index in [2.05, 4.69) is 56.3 Å². The smallest absolute Gasteiger partial charge is 0.115 e. The Morgan fingerprint density at radius 2 is 1.32 bits per heavy atom. The first kappa shape index (κ1) is 14.4. The quantitative estimate of drug-likeness (QED) is 0.665. The average Bonchev–Trinajstić information content (AvgIpc) is 2.56. The fraction of sp³-hybridized carbons (Fsp3) is 0.143. The van der Waals surface area contributed by atoms with Gasteiger partial charge in [0.05, 0.1) is 0 Å². The highest BCUT2D eigenvalue weighted by Crippen LogP contribution is 2.30. The van der Waals surface area contributed by atoms with Crippen LogP contribution < -0.4 is 0 Å². The molecule has 0 radical (unpaired) electrons. The topological polar surface area (TPSA) is 20.2 Å². The molecule has 1 nitrogen and oxygen atoms in total. The third kappa shape index (κ3) is 2.89. The van der Waals surface area contributed by atoms with Gasteiger partial charge in [-0.25, -0.2) is 0 Å². The van der Waals surface area contributed by atoms with Gasteiger partial charge in [0.15, 0.2) is 0 Å². The van der Waals surface area contributed by atoms with E-state index in [1.165, 1.54) is 27.8 Å². The summed E-state index contributed by atoms with van der Waals surface area (Å²) in [5.74, 6) is 0.302. The normalized spacial score (nSPS) is 10.6. The lowest BCUT2D eigenvalue weighted by molar-refractivity contribution is 0.475. The van der Waals surface area contributed by atoms with Crippen LogP contribution in [0.2, 0.25) is 0 Å². The molecule has 110 valence electrons. The van der Waals surface area contributed by atoms with E-state index in [1.54, 1.807) is 12.1 Å². The Balaban J connectivity index is 2.04. The van der Waals surface area contributed by atoms with Crippen LogP contribution in [0.3, 0.4) is 0 Å². The number of rotatable bonds is 3. The second kappa shape index (κ2) is 6.07. The first-order chi connectivity index (χ1) is 10.7. The maximum Gasteiger partial charge on any atom is 0.115 e. The largest absolute Gasteiger partial charge is 0.508 e. The molecule has 0 heterocycles. The Hall–Kier alpha value is -2.54. The summed E-state index contributed by atoms with van der Waals surface area (Å²) in [5, 5.41) is 9.42. The van der Waals surface area contributed by atoms with Crippen LogP contribution in [0.25, 0.3) is 22.3 Å². The zero-order chi connectivity index (χ0) is 15.5. The highest BCUT2D eigenvalue weighted by molar-refractivity contribution is 5.74. The Labute approximate surface area is 131 Å². The van der Waals surface area contributed by atoms with Crippen molar-refractivity contribution in [1.82, 2.24) is 0 Å². The number of hydrogen-bond acceptors (Lipinski definition) is 1. The molecule has 1 N–H and O–H groups in total. The molecule has 1 heteroatoms. The van der Waals surface area contributed by atoms with Crippen LogP contribution in [-0.4, -0.2) is 5.11 Å². The summed E-state index contributed by atoms with van der Waals surface area (Å²) >= 11 is 0. The van der Waals surface area contributed by atoms with Gasteiger partial charge in [-0.05, 0) is 53.3 Å². The lowest BCUT2D eigenvalue weighted by atomic mass is 9.93. The van der Waals surface area contributed by atoms with Crippen LogP contribution in [0.5, 0.6) is 5.75 Å². The SMILES string of the molecule is CCc1cc(-c2ccc(O)cc2)ccc1-c1ccc(C)cc1. The summed E-state index contributed by atoms with van der Waals surface area (Å²) in [4.78, 5) is 0. The monoisotopic (exact) mass is 288 g/mol. The average molecular weight is 288 g/mol. The highest BCUT2D eigenvalue weighted by Gasteiger charge is 2.06. The number of aromatic hydroxyl groups is 1. The van der Waals surface area contributed by atoms with Crippen molar-refractivity contribution in [1.29, 1.82) is 0 Å². The summed E-state index contributed by atoms with van der Waals surface area (Å²) in [7, 11) is 0. The number of hydrogen-bond donors (Lipinski definition) is 1. The van der Waals surface area contributed by atoms with Crippen LogP contribution in [0.15, 0.2) is 66.7 Å². The van der Waals surface area contributed by atoms with Gasteiger partial charge in [-0.3, -0.25) is 0 Å². The molecule has 3 aromatic rings. The predicted molar refractivity (Wildman–Crippen MR) is 93.1 cm³/mol. The van der Waals surface area contributed by atoms with Gasteiger partial charge >= 0.3 is 0 Å².